The molecule has 0 spiro atoms. The molecule has 1 rings (SSSR count). The maximum absolute atomic E-state index is 11.8. The van der Waals surface area contributed by atoms with Crippen LogP contribution in [-0.4, -0.2) is 35.6 Å². The first kappa shape index (κ1) is 15.4. The van der Waals surface area contributed by atoms with Crippen molar-refractivity contribution in [3.05, 3.63) is 33.9 Å². The fraction of sp³-hybridized carbons (Fsp3) is 0.333. The smallest absolute Gasteiger partial charge is 0.303 e. The molecule has 2 N–H and O–H groups in total. The first-order chi connectivity index (χ1) is 9.45. The van der Waals surface area contributed by atoms with Crippen LogP contribution in [0.5, 0.6) is 5.75 Å². The van der Waals surface area contributed by atoms with E-state index in [4.69, 9.17) is 9.84 Å². The van der Waals surface area contributed by atoms with Gasteiger partial charge in [0.25, 0.3) is 11.6 Å². The summed E-state index contributed by atoms with van der Waals surface area (Å²) in [6.45, 7) is 0.200. The zero-order valence-corrected chi connectivity index (χ0v) is 10.8. The molecule has 1 amide bonds. The van der Waals surface area contributed by atoms with Crippen molar-refractivity contribution in [2.24, 2.45) is 0 Å². The number of hydrogen-bond donors (Lipinski definition) is 2. The van der Waals surface area contributed by atoms with Gasteiger partial charge < -0.3 is 15.2 Å². The summed E-state index contributed by atoms with van der Waals surface area (Å²) in [4.78, 5) is 32.2. The average Bonchev–Trinajstić information content (AvgIpc) is 2.42. The van der Waals surface area contributed by atoms with Gasteiger partial charge >= 0.3 is 5.97 Å². The maximum atomic E-state index is 11.8. The van der Waals surface area contributed by atoms with Crippen molar-refractivity contribution in [2.75, 3.05) is 13.7 Å². The molecule has 0 aliphatic rings. The number of carboxylic acid groups (broad SMARTS) is 1. The SMILES string of the molecule is COc1cc([N+](=O)[O-])ccc1C(=O)NCCCC(=O)O. The van der Waals surface area contributed by atoms with Crippen LogP contribution in [0.1, 0.15) is 23.2 Å². The highest BCUT2D eigenvalue weighted by atomic mass is 16.6. The van der Waals surface area contributed by atoms with E-state index < -0.39 is 16.8 Å². The maximum Gasteiger partial charge on any atom is 0.303 e. The normalized spacial score (nSPS) is 9.85. The number of nitro groups is 1. The van der Waals surface area contributed by atoms with Crippen LogP contribution >= 0.6 is 0 Å². The number of benzene rings is 1. The molecule has 108 valence electrons. The molecule has 0 saturated heterocycles. The van der Waals surface area contributed by atoms with E-state index in [2.05, 4.69) is 5.32 Å². The van der Waals surface area contributed by atoms with Crippen molar-refractivity contribution in [1.29, 1.82) is 0 Å². The Morgan fingerprint density at radius 1 is 1.45 bits per heavy atom. The van der Waals surface area contributed by atoms with Gasteiger partial charge in [0.1, 0.15) is 5.75 Å². The Morgan fingerprint density at radius 3 is 2.70 bits per heavy atom. The van der Waals surface area contributed by atoms with Gasteiger partial charge in [-0.25, -0.2) is 0 Å². The Labute approximate surface area is 114 Å². The number of carbonyl (C=O) groups is 2. The molecule has 8 heteroatoms. The van der Waals surface area contributed by atoms with Gasteiger partial charge in [-0.3, -0.25) is 19.7 Å². The van der Waals surface area contributed by atoms with Gasteiger partial charge in [0.15, 0.2) is 0 Å². The second-order valence-electron chi connectivity index (χ2n) is 3.89. The summed E-state index contributed by atoms with van der Waals surface area (Å²) < 4.78 is 4.94. The van der Waals surface area contributed by atoms with Crippen molar-refractivity contribution in [3.63, 3.8) is 0 Å². The van der Waals surface area contributed by atoms with E-state index in [1.165, 1.54) is 19.2 Å². The van der Waals surface area contributed by atoms with Crippen LogP contribution in [0, 0.1) is 10.1 Å². The number of carbonyl (C=O) groups excluding carboxylic acids is 1. The van der Waals surface area contributed by atoms with Gasteiger partial charge in [-0.15, -0.1) is 0 Å². The molecule has 20 heavy (non-hydrogen) atoms. The zero-order chi connectivity index (χ0) is 15.1. The summed E-state index contributed by atoms with van der Waals surface area (Å²) in [7, 11) is 1.31. The Bertz CT molecular complexity index is 529. The Balaban J connectivity index is 2.72. The topological polar surface area (TPSA) is 119 Å². The summed E-state index contributed by atoms with van der Waals surface area (Å²) in [6.07, 6.45) is 0.258. The lowest BCUT2D eigenvalue weighted by Gasteiger charge is -2.08. The zero-order valence-electron chi connectivity index (χ0n) is 10.8. The Morgan fingerprint density at radius 2 is 2.15 bits per heavy atom. The minimum Gasteiger partial charge on any atom is -0.496 e. The molecule has 0 saturated carbocycles. The predicted molar refractivity (Wildman–Crippen MR) is 68.9 cm³/mol. The van der Waals surface area contributed by atoms with Crippen molar-refractivity contribution in [3.8, 4) is 5.75 Å². The summed E-state index contributed by atoms with van der Waals surface area (Å²) in [5.41, 5.74) is -0.0160. The number of aliphatic carboxylic acids is 1. The number of rotatable bonds is 7. The molecule has 0 aliphatic carbocycles. The van der Waals surface area contributed by atoms with Gasteiger partial charge in [-0.05, 0) is 12.5 Å². The molecule has 0 radical (unpaired) electrons. The summed E-state index contributed by atoms with van der Waals surface area (Å²) >= 11 is 0. The van der Waals surface area contributed by atoms with Gasteiger partial charge in [0.05, 0.1) is 23.7 Å². The third kappa shape index (κ3) is 4.23. The number of nitrogens with zero attached hydrogens (tertiary/aromatic N) is 1. The average molecular weight is 282 g/mol. The monoisotopic (exact) mass is 282 g/mol. The Kier molecular flexibility index (Phi) is 5.45. The van der Waals surface area contributed by atoms with E-state index >= 15 is 0 Å². The first-order valence-electron chi connectivity index (χ1n) is 5.78. The first-order valence-corrected chi connectivity index (χ1v) is 5.78. The summed E-state index contributed by atoms with van der Waals surface area (Å²) in [5, 5.41) is 21.6. The number of methoxy groups -OCH3 is 1. The van der Waals surface area contributed by atoms with Gasteiger partial charge in [0.2, 0.25) is 0 Å². The largest absolute Gasteiger partial charge is 0.496 e. The van der Waals surface area contributed by atoms with Crippen LogP contribution in [0.3, 0.4) is 0 Å². The molecule has 0 aliphatic heterocycles. The number of nitrogens with one attached hydrogen (secondary N) is 1. The second-order valence-corrected chi connectivity index (χ2v) is 3.89. The lowest BCUT2D eigenvalue weighted by atomic mass is 10.1. The van der Waals surface area contributed by atoms with Crippen molar-refractivity contribution >= 4 is 17.6 Å². The van der Waals surface area contributed by atoms with Crippen molar-refractivity contribution < 1.29 is 24.4 Å². The second kappa shape index (κ2) is 7.07. The third-order valence-electron chi connectivity index (χ3n) is 2.49. The summed E-state index contributed by atoms with van der Waals surface area (Å²) in [6, 6.07) is 3.66. The lowest BCUT2D eigenvalue weighted by molar-refractivity contribution is -0.384. The van der Waals surface area contributed by atoms with E-state index in [0.717, 1.165) is 6.07 Å². The number of carboxylic acids is 1. The van der Waals surface area contributed by atoms with Crippen LogP contribution in [0.15, 0.2) is 18.2 Å². The standard InChI is InChI=1S/C12H14N2O6/c1-20-10-7-8(14(18)19)4-5-9(10)12(17)13-6-2-3-11(15)16/h4-5,7H,2-3,6H2,1H3,(H,13,17)(H,15,16). The molecular formula is C12H14N2O6. The summed E-state index contributed by atoms with van der Waals surface area (Å²) in [5.74, 6) is -1.32. The lowest BCUT2D eigenvalue weighted by Crippen LogP contribution is -2.25. The molecular weight excluding hydrogens is 268 g/mol. The predicted octanol–water partition coefficient (Wildman–Crippen LogP) is 1.20. The highest BCUT2D eigenvalue weighted by molar-refractivity contribution is 5.97. The van der Waals surface area contributed by atoms with Gasteiger partial charge in [-0.1, -0.05) is 0 Å². The van der Waals surface area contributed by atoms with Crippen molar-refractivity contribution in [1.82, 2.24) is 5.32 Å². The number of hydrogen-bond acceptors (Lipinski definition) is 5. The highest BCUT2D eigenvalue weighted by Gasteiger charge is 2.16. The van der Waals surface area contributed by atoms with Gasteiger partial charge in [0, 0.05) is 19.0 Å². The Hall–Kier alpha value is -2.64. The van der Waals surface area contributed by atoms with Crippen LogP contribution < -0.4 is 10.1 Å². The fourth-order valence-corrected chi connectivity index (χ4v) is 1.52. The van der Waals surface area contributed by atoms with Crippen molar-refractivity contribution in [2.45, 2.75) is 12.8 Å². The molecule has 0 unspecified atom stereocenters. The van der Waals surface area contributed by atoms with Crippen LogP contribution in [0.25, 0.3) is 0 Å². The minimum atomic E-state index is -0.938. The number of non-ortho nitro benzene ring substituents is 1. The molecule has 1 aromatic rings. The van der Waals surface area contributed by atoms with E-state index in [0.29, 0.717) is 6.42 Å². The van der Waals surface area contributed by atoms with Crippen LogP contribution in [-0.2, 0) is 4.79 Å². The van der Waals surface area contributed by atoms with E-state index in [-0.39, 0.29) is 30.0 Å². The fourth-order valence-electron chi connectivity index (χ4n) is 1.52. The third-order valence-corrected chi connectivity index (χ3v) is 2.49. The molecule has 0 fully saturated rings. The minimum absolute atomic E-state index is 0.0440. The molecule has 0 heterocycles. The van der Waals surface area contributed by atoms with Crippen LogP contribution in [0.2, 0.25) is 0 Å². The quantitative estimate of drug-likeness (QED) is 0.440. The number of ether oxygens (including phenoxy) is 1. The van der Waals surface area contributed by atoms with Crippen LogP contribution in [0.4, 0.5) is 5.69 Å². The van der Waals surface area contributed by atoms with E-state index in [1.807, 2.05) is 0 Å². The van der Waals surface area contributed by atoms with E-state index in [1.54, 1.807) is 0 Å². The highest BCUT2D eigenvalue weighted by Crippen LogP contribution is 2.24. The molecule has 0 aromatic heterocycles. The number of amides is 1. The molecule has 0 bridgehead atoms. The molecule has 1 aromatic carbocycles. The molecule has 0 atom stereocenters. The van der Waals surface area contributed by atoms with E-state index in [9.17, 15) is 19.7 Å². The van der Waals surface area contributed by atoms with Gasteiger partial charge in [-0.2, -0.15) is 0 Å². The molecule has 8 nitrogen and oxygen atoms in total. The number of nitro benzene ring substituents is 1.